The van der Waals surface area contributed by atoms with Crippen LogP contribution in [0.1, 0.15) is 18.4 Å². The van der Waals surface area contributed by atoms with Gasteiger partial charge >= 0.3 is 0 Å². The zero-order valence-corrected chi connectivity index (χ0v) is 10.7. The Morgan fingerprint density at radius 2 is 2.00 bits per heavy atom. The molecule has 0 amide bonds. The zero-order chi connectivity index (χ0) is 10.8. The molecule has 0 radical (unpaired) electrons. The number of rotatable bonds is 3. The fourth-order valence-corrected chi connectivity index (χ4v) is 2.91. The maximum absolute atomic E-state index is 4.31. The standard InChI is InChI=1S/C11H16BrN3/c1-8-5-13-11(14-6-8)15(2)7-9-3-10(12)4-9/h5-6,9-10H,3-4,7H2,1-2H3. The Morgan fingerprint density at radius 1 is 1.40 bits per heavy atom. The average molecular weight is 270 g/mol. The molecule has 15 heavy (non-hydrogen) atoms. The van der Waals surface area contributed by atoms with Gasteiger partial charge in [-0.3, -0.25) is 0 Å². The molecule has 1 heterocycles. The third-order valence-corrected chi connectivity index (χ3v) is 3.57. The smallest absolute Gasteiger partial charge is 0.224 e. The summed E-state index contributed by atoms with van der Waals surface area (Å²) < 4.78 is 0. The van der Waals surface area contributed by atoms with Gasteiger partial charge in [0.25, 0.3) is 0 Å². The summed E-state index contributed by atoms with van der Waals surface area (Å²) in [5.41, 5.74) is 1.11. The molecule has 0 aliphatic heterocycles. The average Bonchev–Trinajstić information content (AvgIpc) is 2.16. The molecule has 0 saturated heterocycles. The van der Waals surface area contributed by atoms with Crippen molar-refractivity contribution in [1.82, 2.24) is 9.97 Å². The molecule has 1 aromatic heterocycles. The second-order valence-corrected chi connectivity index (χ2v) is 5.67. The molecule has 1 aliphatic rings. The molecule has 0 bridgehead atoms. The molecule has 0 unspecified atom stereocenters. The van der Waals surface area contributed by atoms with Crippen LogP contribution in [0.2, 0.25) is 0 Å². The molecule has 2 rings (SSSR count). The summed E-state index contributed by atoms with van der Waals surface area (Å²) >= 11 is 3.61. The largest absolute Gasteiger partial charge is 0.344 e. The Hall–Kier alpha value is -0.640. The van der Waals surface area contributed by atoms with Crippen LogP contribution in [0, 0.1) is 12.8 Å². The van der Waals surface area contributed by atoms with Crippen molar-refractivity contribution in [3.63, 3.8) is 0 Å². The summed E-state index contributed by atoms with van der Waals surface area (Å²) in [5, 5.41) is 0. The van der Waals surface area contributed by atoms with Crippen molar-refractivity contribution in [2.75, 3.05) is 18.5 Å². The predicted octanol–water partition coefficient (Wildman–Crippen LogP) is 2.39. The van der Waals surface area contributed by atoms with Gasteiger partial charge in [-0.25, -0.2) is 9.97 Å². The molecule has 0 spiro atoms. The summed E-state index contributed by atoms with van der Waals surface area (Å²) in [6, 6.07) is 0. The Labute approximate surface area is 99.0 Å². The van der Waals surface area contributed by atoms with E-state index in [1.165, 1.54) is 12.8 Å². The second kappa shape index (κ2) is 4.47. The maximum atomic E-state index is 4.31. The number of aryl methyl sites for hydroxylation is 1. The van der Waals surface area contributed by atoms with Crippen LogP contribution in [0.25, 0.3) is 0 Å². The summed E-state index contributed by atoms with van der Waals surface area (Å²) in [6.45, 7) is 3.07. The minimum absolute atomic E-state index is 0.731. The molecule has 0 aromatic carbocycles. The van der Waals surface area contributed by atoms with Crippen molar-refractivity contribution < 1.29 is 0 Å². The van der Waals surface area contributed by atoms with Gasteiger partial charge in [0, 0.05) is 30.8 Å². The van der Waals surface area contributed by atoms with Crippen molar-refractivity contribution in [2.24, 2.45) is 5.92 Å². The van der Waals surface area contributed by atoms with E-state index >= 15 is 0 Å². The van der Waals surface area contributed by atoms with Gasteiger partial charge in [-0.2, -0.15) is 0 Å². The van der Waals surface area contributed by atoms with Crippen LogP contribution in [0.5, 0.6) is 0 Å². The highest BCUT2D eigenvalue weighted by Crippen LogP contribution is 2.33. The number of alkyl halides is 1. The van der Waals surface area contributed by atoms with Gasteiger partial charge in [0.05, 0.1) is 0 Å². The third-order valence-electron chi connectivity index (χ3n) is 2.82. The van der Waals surface area contributed by atoms with Crippen molar-refractivity contribution in [3.8, 4) is 0 Å². The lowest BCUT2D eigenvalue weighted by Gasteiger charge is -2.34. The number of halogens is 1. The van der Waals surface area contributed by atoms with E-state index < -0.39 is 0 Å². The fraction of sp³-hybridized carbons (Fsp3) is 0.636. The quantitative estimate of drug-likeness (QED) is 0.790. The van der Waals surface area contributed by atoms with E-state index in [0.29, 0.717) is 0 Å². The molecule has 4 heteroatoms. The summed E-state index contributed by atoms with van der Waals surface area (Å²) in [5.74, 6) is 1.63. The van der Waals surface area contributed by atoms with E-state index in [4.69, 9.17) is 0 Å². The molecular formula is C11H16BrN3. The minimum atomic E-state index is 0.731. The maximum Gasteiger partial charge on any atom is 0.224 e. The van der Waals surface area contributed by atoms with Gasteiger partial charge in [0.1, 0.15) is 0 Å². The number of hydrogen-bond donors (Lipinski definition) is 0. The molecule has 0 atom stereocenters. The van der Waals surface area contributed by atoms with Crippen LogP contribution >= 0.6 is 15.9 Å². The number of hydrogen-bond acceptors (Lipinski definition) is 3. The lowest BCUT2D eigenvalue weighted by molar-refractivity contribution is 0.338. The van der Waals surface area contributed by atoms with Gasteiger partial charge < -0.3 is 4.90 Å². The molecule has 0 N–H and O–H groups in total. The molecule has 1 aliphatic carbocycles. The summed E-state index contributed by atoms with van der Waals surface area (Å²) in [6.07, 6.45) is 6.28. The number of aromatic nitrogens is 2. The first-order valence-electron chi connectivity index (χ1n) is 5.29. The van der Waals surface area contributed by atoms with E-state index in [-0.39, 0.29) is 0 Å². The van der Waals surface area contributed by atoms with Gasteiger partial charge in [0.2, 0.25) is 5.95 Å². The van der Waals surface area contributed by atoms with Gasteiger partial charge in [0.15, 0.2) is 0 Å². The monoisotopic (exact) mass is 269 g/mol. The first-order chi connectivity index (χ1) is 7.15. The van der Waals surface area contributed by atoms with Crippen molar-refractivity contribution in [3.05, 3.63) is 18.0 Å². The van der Waals surface area contributed by atoms with Crippen molar-refractivity contribution in [1.29, 1.82) is 0 Å². The number of nitrogens with zero attached hydrogens (tertiary/aromatic N) is 3. The summed E-state index contributed by atoms with van der Waals surface area (Å²) in [4.78, 5) is 11.5. The van der Waals surface area contributed by atoms with E-state index in [0.717, 1.165) is 28.8 Å². The summed E-state index contributed by atoms with van der Waals surface area (Å²) in [7, 11) is 2.06. The van der Waals surface area contributed by atoms with Crippen LogP contribution in [-0.4, -0.2) is 28.4 Å². The van der Waals surface area contributed by atoms with E-state index in [9.17, 15) is 0 Å². The van der Waals surface area contributed by atoms with Crippen LogP contribution in [0.4, 0.5) is 5.95 Å². The van der Waals surface area contributed by atoms with Crippen molar-refractivity contribution in [2.45, 2.75) is 24.6 Å². The molecular weight excluding hydrogens is 254 g/mol. The molecule has 1 fully saturated rings. The SMILES string of the molecule is Cc1cnc(N(C)CC2CC(Br)C2)nc1. The lowest BCUT2D eigenvalue weighted by atomic mass is 9.85. The lowest BCUT2D eigenvalue weighted by Crippen LogP contribution is -2.35. The first kappa shape index (κ1) is 10.9. The molecule has 1 saturated carbocycles. The fourth-order valence-electron chi connectivity index (χ4n) is 1.86. The highest BCUT2D eigenvalue weighted by Gasteiger charge is 2.28. The normalized spacial score (nSPS) is 24.7. The highest BCUT2D eigenvalue weighted by atomic mass is 79.9. The van der Waals surface area contributed by atoms with Crippen molar-refractivity contribution >= 4 is 21.9 Å². The Balaban J connectivity index is 1.90. The molecule has 1 aromatic rings. The van der Waals surface area contributed by atoms with E-state index in [1.54, 1.807) is 0 Å². The van der Waals surface area contributed by atoms with Gasteiger partial charge in [-0.15, -0.1) is 0 Å². The van der Waals surface area contributed by atoms with E-state index in [2.05, 4.69) is 37.8 Å². The molecule has 3 nitrogen and oxygen atoms in total. The second-order valence-electron chi connectivity index (χ2n) is 4.38. The van der Waals surface area contributed by atoms with Crippen LogP contribution in [0.15, 0.2) is 12.4 Å². The Bertz CT molecular complexity index is 319. The molecule has 82 valence electrons. The van der Waals surface area contributed by atoms with E-state index in [1.807, 2.05) is 19.3 Å². The third kappa shape index (κ3) is 2.68. The van der Waals surface area contributed by atoms with Gasteiger partial charge in [-0.1, -0.05) is 15.9 Å². The van der Waals surface area contributed by atoms with Gasteiger partial charge in [-0.05, 0) is 31.2 Å². The number of anilines is 1. The predicted molar refractivity (Wildman–Crippen MR) is 65.5 cm³/mol. The Morgan fingerprint density at radius 3 is 2.53 bits per heavy atom. The van der Waals surface area contributed by atoms with Crippen LogP contribution in [-0.2, 0) is 0 Å². The Kier molecular flexibility index (Phi) is 3.24. The highest BCUT2D eigenvalue weighted by molar-refractivity contribution is 9.09. The first-order valence-corrected chi connectivity index (χ1v) is 6.20. The topological polar surface area (TPSA) is 29.0 Å². The van der Waals surface area contributed by atoms with Crippen LogP contribution < -0.4 is 4.90 Å². The van der Waals surface area contributed by atoms with Crippen LogP contribution in [0.3, 0.4) is 0 Å². The zero-order valence-electron chi connectivity index (χ0n) is 9.15. The minimum Gasteiger partial charge on any atom is -0.344 e.